The molecule has 1 aliphatic rings. The van der Waals surface area contributed by atoms with E-state index in [9.17, 15) is 13.6 Å². The van der Waals surface area contributed by atoms with Gasteiger partial charge in [-0.15, -0.1) is 0 Å². The van der Waals surface area contributed by atoms with Gasteiger partial charge in [0.25, 0.3) is 0 Å². The van der Waals surface area contributed by atoms with Crippen molar-refractivity contribution < 1.29 is 23.0 Å². The Morgan fingerprint density at radius 3 is 2.62 bits per heavy atom. The number of ketones is 1. The molecule has 2 aromatic rings. The van der Waals surface area contributed by atoms with Gasteiger partial charge in [0.2, 0.25) is 5.82 Å². The van der Waals surface area contributed by atoms with Crippen LogP contribution < -0.4 is 9.47 Å². The Labute approximate surface area is 151 Å². The molecular formula is C20H21F2NO3. The molecule has 1 fully saturated rings. The van der Waals surface area contributed by atoms with Crippen molar-refractivity contribution in [2.75, 3.05) is 13.6 Å². The summed E-state index contributed by atoms with van der Waals surface area (Å²) in [5.74, 6) is -2.01. The Hall–Kier alpha value is -2.47. The van der Waals surface area contributed by atoms with Gasteiger partial charge in [-0.05, 0) is 19.5 Å². The van der Waals surface area contributed by atoms with E-state index >= 15 is 0 Å². The molecule has 4 nitrogen and oxygen atoms in total. The predicted molar refractivity (Wildman–Crippen MR) is 93.3 cm³/mol. The van der Waals surface area contributed by atoms with Crippen LogP contribution in [0.1, 0.15) is 18.9 Å². The van der Waals surface area contributed by atoms with Crippen molar-refractivity contribution in [2.24, 2.45) is 0 Å². The summed E-state index contributed by atoms with van der Waals surface area (Å²) in [6, 6.07) is 11.4. The Morgan fingerprint density at radius 2 is 1.96 bits per heavy atom. The fourth-order valence-corrected chi connectivity index (χ4v) is 3.15. The number of hydrogen-bond acceptors (Lipinski definition) is 4. The first-order valence-corrected chi connectivity index (χ1v) is 8.47. The minimum atomic E-state index is -1.04. The maximum Gasteiger partial charge on any atom is 0.200 e. The zero-order valence-electron chi connectivity index (χ0n) is 14.7. The second-order valence-corrected chi connectivity index (χ2v) is 6.53. The van der Waals surface area contributed by atoms with E-state index in [2.05, 4.69) is 0 Å². The van der Waals surface area contributed by atoms with Crippen LogP contribution in [0.5, 0.6) is 11.5 Å². The molecule has 0 bridgehead atoms. The van der Waals surface area contributed by atoms with Gasteiger partial charge >= 0.3 is 0 Å². The number of Topliss-reactive ketones (excluding diaryl/α,β-unsaturated/α-hetero) is 1. The van der Waals surface area contributed by atoms with E-state index in [0.717, 1.165) is 11.6 Å². The SMILES string of the molecule is CC(=O)[C@@H]1C[C@H](Oc2cc(F)c(F)c(OCc3ccccc3)c2)CN1C. The zero-order valence-corrected chi connectivity index (χ0v) is 14.7. The number of rotatable bonds is 6. The molecular weight excluding hydrogens is 340 g/mol. The smallest absolute Gasteiger partial charge is 0.200 e. The van der Waals surface area contributed by atoms with Gasteiger partial charge in [0.1, 0.15) is 24.2 Å². The third kappa shape index (κ3) is 4.19. The van der Waals surface area contributed by atoms with Gasteiger partial charge in [0.15, 0.2) is 11.6 Å². The summed E-state index contributed by atoms with van der Waals surface area (Å²) in [5, 5.41) is 0. The Balaban J connectivity index is 1.71. The van der Waals surface area contributed by atoms with E-state index in [1.54, 1.807) is 0 Å². The molecule has 1 aliphatic heterocycles. The predicted octanol–water partition coefficient (Wildman–Crippen LogP) is 3.58. The lowest BCUT2D eigenvalue weighted by atomic mass is 10.1. The molecule has 0 aliphatic carbocycles. The maximum atomic E-state index is 14.0. The Morgan fingerprint density at radius 1 is 1.23 bits per heavy atom. The molecule has 26 heavy (non-hydrogen) atoms. The van der Waals surface area contributed by atoms with Crippen molar-refractivity contribution in [3.63, 3.8) is 0 Å². The topological polar surface area (TPSA) is 38.8 Å². The fourth-order valence-electron chi connectivity index (χ4n) is 3.15. The van der Waals surface area contributed by atoms with Crippen molar-refractivity contribution in [1.82, 2.24) is 4.90 Å². The first-order valence-electron chi connectivity index (χ1n) is 8.47. The van der Waals surface area contributed by atoms with Crippen LogP contribution in [0.2, 0.25) is 0 Å². The second-order valence-electron chi connectivity index (χ2n) is 6.53. The highest BCUT2D eigenvalue weighted by molar-refractivity contribution is 5.81. The summed E-state index contributed by atoms with van der Waals surface area (Å²) in [6.45, 7) is 2.21. The van der Waals surface area contributed by atoms with Crippen molar-refractivity contribution >= 4 is 5.78 Å². The molecule has 1 heterocycles. The number of ether oxygens (including phenoxy) is 2. The number of hydrogen-bond donors (Lipinski definition) is 0. The van der Waals surface area contributed by atoms with E-state index in [0.29, 0.717) is 13.0 Å². The molecule has 2 atom stereocenters. The molecule has 0 saturated carbocycles. The molecule has 3 rings (SSSR count). The minimum absolute atomic E-state index is 0.0655. The van der Waals surface area contributed by atoms with Crippen LogP contribution in [0.15, 0.2) is 42.5 Å². The summed E-state index contributed by atoms with van der Waals surface area (Å²) >= 11 is 0. The normalized spacial score (nSPS) is 20.2. The lowest BCUT2D eigenvalue weighted by Crippen LogP contribution is -2.31. The molecule has 0 N–H and O–H groups in total. The van der Waals surface area contributed by atoms with Crippen LogP contribution >= 0.6 is 0 Å². The minimum Gasteiger partial charge on any atom is -0.489 e. The summed E-state index contributed by atoms with van der Waals surface area (Å²) in [6.07, 6.45) is 0.256. The average molecular weight is 361 g/mol. The molecule has 6 heteroatoms. The molecule has 0 aromatic heterocycles. The van der Waals surface area contributed by atoms with Gasteiger partial charge in [-0.25, -0.2) is 4.39 Å². The molecule has 138 valence electrons. The Bertz CT molecular complexity index is 782. The van der Waals surface area contributed by atoms with Crippen LogP contribution in [-0.2, 0) is 11.4 Å². The van der Waals surface area contributed by atoms with Crippen molar-refractivity contribution in [3.8, 4) is 11.5 Å². The van der Waals surface area contributed by atoms with E-state index in [-0.39, 0.29) is 36.0 Å². The van der Waals surface area contributed by atoms with E-state index in [1.807, 2.05) is 42.3 Å². The lowest BCUT2D eigenvalue weighted by Gasteiger charge is -2.15. The number of likely N-dealkylation sites (N-methyl/N-ethyl adjacent to an activating group) is 1. The third-order valence-electron chi connectivity index (χ3n) is 4.49. The van der Waals surface area contributed by atoms with E-state index < -0.39 is 11.6 Å². The number of nitrogens with zero attached hydrogens (tertiary/aromatic N) is 1. The average Bonchev–Trinajstić information content (AvgIpc) is 2.98. The quantitative estimate of drug-likeness (QED) is 0.788. The molecule has 0 unspecified atom stereocenters. The number of likely N-dealkylation sites (tertiary alicyclic amines) is 1. The molecule has 2 aromatic carbocycles. The summed E-state index contributed by atoms with van der Waals surface area (Å²) in [5.41, 5.74) is 0.848. The Kier molecular flexibility index (Phi) is 5.52. The van der Waals surface area contributed by atoms with Crippen LogP contribution in [0.4, 0.5) is 8.78 Å². The lowest BCUT2D eigenvalue weighted by molar-refractivity contribution is -0.120. The molecule has 0 amide bonds. The monoisotopic (exact) mass is 361 g/mol. The second kappa shape index (κ2) is 7.83. The van der Waals surface area contributed by atoms with Crippen LogP contribution in [0, 0.1) is 11.6 Å². The van der Waals surface area contributed by atoms with Crippen molar-refractivity contribution in [1.29, 1.82) is 0 Å². The van der Waals surface area contributed by atoms with Gasteiger partial charge in [-0.2, -0.15) is 4.39 Å². The van der Waals surface area contributed by atoms with Gasteiger partial charge in [0.05, 0.1) is 6.04 Å². The number of halogens is 2. The maximum absolute atomic E-state index is 14.0. The van der Waals surface area contributed by atoms with Gasteiger partial charge in [0, 0.05) is 25.1 Å². The summed E-state index contributed by atoms with van der Waals surface area (Å²) < 4.78 is 39.1. The van der Waals surface area contributed by atoms with Crippen molar-refractivity contribution in [2.45, 2.75) is 32.1 Å². The summed E-state index contributed by atoms with van der Waals surface area (Å²) in [7, 11) is 1.84. The van der Waals surface area contributed by atoms with Gasteiger partial charge in [-0.1, -0.05) is 30.3 Å². The van der Waals surface area contributed by atoms with Crippen molar-refractivity contribution in [3.05, 3.63) is 59.7 Å². The van der Waals surface area contributed by atoms with Crippen LogP contribution in [0.3, 0.4) is 0 Å². The standard InChI is InChI=1S/C20H21F2NO3/c1-13(24)18-9-16(11-23(18)2)26-15-8-17(21)20(22)19(10-15)25-12-14-6-4-3-5-7-14/h3-8,10,16,18H,9,11-12H2,1-2H3/t16-,18-/m0/s1. The fraction of sp³-hybridized carbons (Fsp3) is 0.350. The third-order valence-corrected chi connectivity index (χ3v) is 4.49. The number of carbonyl (C=O) groups is 1. The largest absolute Gasteiger partial charge is 0.489 e. The number of benzene rings is 2. The first kappa shape index (κ1) is 18.3. The first-order chi connectivity index (χ1) is 12.4. The van der Waals surface area contributed by atoms with Gasteiger partial charge < -0.3 is 9.47 Å². The van der Waals surface area contributed by atoms with Crippen LogP contribution in [0.25, 0.3) is 0 Å². The van der Waals surface area contributed by atoms with Crippen LogP contribution in [-0.4, -0.2) is 36.4 Å². The highest BCUT2D eigenvalue weighted by atomic mass is 19.2. The molecule has 0 radical (unpaired) electrons. The zero-order chi connectivity index (χ0) is 18.7. The highest BCUT2D eigenvalue weighted by Crippen LogP contribution is 2.30. The molecule has 1 saturated heterocycles. The van der Waals surface area contributed by atoms with E-state index in [4.69, 9.17) is 9.47 Å². The van der Waals surface area contributed by atoms with E-state index in [1.165, 1.54) is 13.0 Å². The summed E-state index contributed by atoms with van der Waals surface area (Å²) in [4.78, 5) is 13.5. The molecule has 0 spiro atoms. The highest BCUT2D eigenvalue weighted by Gasteiger charge is 2.33. The van der Waals surface area contributed by atoms with Gasteiger partial charge in [-0.3, -0.25) is 9.69 Å². The number of carbonyl (C=O) groups excluding carboxylic acids is 1.